The minimum absolute atomic E-state index is 0.0133. The summed E-state index contributed by atoms with van der Waals surface area (Å²) < 4.78 is 22.8. The Labute approximate surface area is 128 Å². The highest BCUT2D eigenvalue weighted by molar-refractivity contribution is 7.89. The van der Waals surface area contributed by atoms with Crippen LogP contribution in [-0.2, 0) is 10.0 Å². The van der Waals surface area contributed by atoms with E-state index in [9.17, 15) is 23.3 Å². The van der Waals surface area contributed by atoms with Crippen LogP contribution in [-0.4, -0.2) is 38.9 Å². The molecule has 1 rings (SSSR count). The lowest BCUT2D eigenvalue weighted by molar-refractivity contribution is -0.385. The second-order valence-corrected chi connectivity index (χ2v) is 6.38. The number of likely N-dealkylation sites (N-methyl/N-ethyl adjacent to an activating group) is 1. The quantitative estimate of drug-likeness (QED) is 0.490. The zero-order valence-electron chi connectivity index (χ0n) is 12.4. The van der Waals surface area contributed by atoms with Crippen LogP contribution in [0.4, 0.5) is 5.69 Å². The third-order valence-electron chi connectivity index (χ3n) is 3.19. The fourth-order valence-electron chi connectivity index (χ4n) is 1.71. The molecule has 10 heteroatoms. The fourth-order valence-corrected chi connectivity index (χ4v) is 2.26. The number of sulfonamides is 1. The van der Waals surface area contributed by atoms with E-state index in [4.69, 9.17) is 5.14 Å². The Kier molecular flexibility index (Phi) is 5.58. The molecule has 1 amide bonds. The molecule has 1 aromatic carbocycles. The maximum atomic E-state index is 12.1. The third-order valence-corrected chi connectivity index (χ3v) is 4.08. The number of hydrogen-bond donors (Lipinski definition) is 3. The van der Waals surface area contributed by atoms with Crippen LogP contribution in [0.15, 0.2) is 17.0 Å². The van der Waals surface area contributed by atoms with Gasteiger partial charge in [-0.25, -0.2) is 13.6 Å². The standard InChI is InChI=1S/C12H18N4O5S/c1-7(14-3)6-15-12(17)10-4-9(22(13,20)21)5-11(8(10)2)16(18)19/h4-5,7,14H,6H2,1-3H3,(H,15,17)(H2,13,20,21). The van der Waals surface area contributed by atoms with Gasteiger partial charge in [-0.1, -0.05) is 0 Å². The Morgan fingerprint density at radius 2 is 2.05 bits per heavy atom. The van der Waals surface area contributed by atoms with Gasteiger partial charge in [-0.2, -0.15) is 0 Å². The molecular formula is C12H18N4O5S. The van der Waals surface area contributed by atoms with Crippen molar-refractivity contribution >= 4 is 21.6 Å². The van der Waals surface area contributed by atoms with E-state index in [1.54, 1.807) is 7.05 Å². The molecule has 0 aliphatic carbocycles. The van der Waals surface area contributed by atoms with Crippen molar-refractivity contribution in [3.63, 3.8) is 0 Å². The number of primary sulfonamides is 1. The van der Waals surface area contributed by atoms with Crippen molar-refractivity contribution in [2.75, 3.05) is 13.6 Å². The zero-order valence-corrected chi connectivity index (χ0v) is 13.2. The van der Waals surface area contributed by atoms with Crippen LogP contribution in [0.5, 0.6) is 0 Å². The first-order chi connectivity index (χ1) is 10.1. The van der Waals surface area contributed by atoms with Gasteiger partial charge >= 0.3 is 0 Å². The number of hydrogen-bond acceptors (Lipinski definition) is 6. The number of nitrogens with one attached hydrogen (secondary N) is 2. The van der Waals surface area contributed by atoms with Gasteiger partial charge in [0, 0.05) is 24.2 Å². The number of nitrogens with zero attached hydrogens (tertiary/aromatic N) is 1. The summed E-state index contributed by atoms with van der Waals surface area (Å²) in [5.41, 5.74) is -0.494. The first-order valence-electron chi connectivity index (χ1n) is 6.35. The largest absolute Gasteiger partial charge is 0.350 e. The number of nitrogens with two attached hydrogens (primary N) is 1. The summed E-state index contributed by atoms with van der Waals surface area (Å²) in [7, 11) is -2.45. The van der Waals surface area contributed by atoms with E-state index in [2.05, 4.69) is 10.6 Å². The molecule has 9 nitrogen and oxygen atoms in total. The first kappa shape index (κ1) is 18.0. The monoisotopic (exact) mass is 330 g/mol. The van der Waals surface area contributed by atoms with Crippen molar-refractivity contribution in [2.24, 2.45) is 5.14 Å². The molecule has 0 aromatic heterocycles. The average Bonchev–Trinajstić information content (AvgIpc) is 2.42. The SMILES string of the molecule is CNC(C)CNC(=O)c1cc(S(N)(=O)=O)cc([N+](=O)[O-])c1C. The molecule has 22 heavy (non-hydrogen) atoms. The summed E-state index contributed by atoms with van der Waals surface area (Å²) in [6.45, 7) is 3.49. The Bertz CT molecular complexity index is 702. The van der Waals surface area contributed by atoms with E-state index in [1.165, 1.54) is 6.92 Å². The Morgan fingerprint density at radius 3 is 2.50 bits per heavy atom. The summed E-state index contributed by atoms with van der Waals surface area (Å²) in [5, 5.41) is 21.5. The minimum atomic E-state index is -4.16. The number of nitro groups is 1. The van der Waals surface area contributed by atoms with Gasteiger partial charge in [0.25, 0.3) is 11.6 Å². The van der Waals surface area contributed by atoms with Gasteiger partial charge in [0.1, 0.15) is 0 Å². The Morgan fingerprint density at radius 1 is 1.45 bits per heavy atom. The second kappa shape index (κ2) is 6.81. The minimum Gasteiger partial charge on any atom is -0.350 e. The highest BCUT2D eigenvalue weighted by atomic mass is 32.2. The molecule has 122 valence electrons. The van der Waals surface area contributed by atoms with Crippen LogP contribution in [0, 0.1) is 17.0 Å². The van der Waals surface area contributed by atoms with E-state index < -0.39 is 31.4 Å². The summed E-state index contributed by atoms with van der Waals surface area (Å²) in [6.07, 6.45) is 0. The predicted octanol–water partition coefficient (Wildman–Crippen LogP) is -0.112. The molecule has 0 heterocycles. The first-order valence-corrected chi connectivity index (χ1v) is 7.89. The van der Waals surface area contributed by atoms with Crippen molar-refractivity contribution in [1.82, 2.24) is 10.6 Å². The zero-order chi connectivity index (χ0) is 17.1. The number of rotatable bonds is 6. The molecule has 4 N–H and O–H groups in total. The van der Waals surface area contributed by atoms with Crippen LogP contribution >= 0.6 is 0 Å². The van der Waals surface area contributed by atoms with E-state index in [0.717, 1.165) is 12.1 Å². The highest BCUT2D eigenvalue weighted by Crippen LogP contribution is 2.25. The normalized spacial score (nSPS) is 12.7. The molecule has 1 atom stereocenters. The van der Waals surface area contributed by atoms with Crippen LogP contribution in [0.2, 0.25) is 0 Å². The molecular weight excluding hydrogens is 312 g/mol. The van der Waals surface area contributed by atoms with E-state index in [-0.39, 0.29) is 23.7 Å². The Balaban J connectivity index is 3.31. The topological polar surface area (TPSA) is 144 Å². The second-order valence-electron chi connectivity index (χ2n) is 4.82. The number of benzene rings is 1. The maximum Gasteiger partial charge on any atom is 0.274 e. The summed E-state index contributed by atoms with van der Waals surface area (Å²) in [4.78, 5) is 21.9. The molecule has 0 saturated carbocycles. The van der Waals surface area contributed by atoms with Crippen molar-refractivity contribution in [1.29, 1.82) is 0 Å². The number of amides is 1. The number of carbonyl (C=O) groups is 1. The van der Waals surface area contributed by atoms with Gasteiger partial charge in [-0.3, -0.25) is 14.9 Å². The number of carbonyl (C=O) groups excluding carboxylic acids is 1. The van der Waals surface area contributed by atoms with Crippen LogP contribution < -0.4 is 15.8 Å². The molecule has 0 radical (unpaired) electrons. The third kappa shape index (κ3) is 4.23. The molecule has 1 unspecified atom stereocenters. The Hall–Kier alpha value is -2.04. The molecule has 0 aliphatic heterocycles. The van der Waals surface area contributed by atoms with Crippen LogP contribution in [0.25, 0.3) is 0 Å². The molecule has 0 bridgehead atoms. The summed E-state index contributed by atoms with van der Waals surface area (Å²) >= 11 is 0. The maximum absolute atomic E-state index is 12.1. The fraction of sp³-hybridized carbons (Fsp3) is 0.417. The van der Waals surface area contributed by atoms with Crippen LogP contribution in [0.1, 0.15) is 22.8 Å². The lowest BCUT2D eigenvalue weighted by Gasteiger charge is -2.13. The van der Waals surface area contributed by atoms with E-state index in [1.807, 2.05) is 6.92 Å². The summed E-state index contributed by atoms with van der Waals surface area (Å²) in [6, 6.07) is 1.87. The lowest BCUT2D eigenvalue weighted by Crippen LogP contribution is -2.37. The van der Waals surface area contributed by atoms with Gasteiger partial charge in [0.05, 0.1) is 15.4 Å². The van der Waals surface area contributed by atoms with Gasteiger partial charge in [0.2, 0.25) is 10.0 Å². The van der Waals surface area contributed by atoms with Crippen molar-refractivity contribution < 1.29 is 18.1 Å². The van der Waals surface area contributed by atoms with Gasteiger partial charge in [0.15, 0.2) is 0 Å². The summed E-state index contributed by atoms with van der Waals surface area (Å²) in [5.74, 6) is -0.604. The predicted molar refractivity (Wildman–Crippen MR) is 80.1 cm³/mol. The van der Waals surface area contributed by atoms with Gasteiger partial charge in [-0.05, 0) is 27.0 Å². The van der Waals surface area contributed by atoms with Crippen LogP contribution in [0.3, 0.4) is 0 Å². The highest BCUT2D eigenvalue weighted by Gasteiger charge is 2.24. The van der Waals surface area contributed by atoms with Crippen molar-refractivity contribution in [2.45, 2.75) is 24.8 Å². The van der Waals surface area contributed by atoms with E-state index in [0.29, 0.717) is 0 Å². The molecule has 0 saturated heterocycles. The smallest absolute Gasteiger partial charge is 0.274 e. The molecule has 0 fully saturated rings. The molecule has 1 aromatic rings. The van der Waals surface area contributed by atoms with Gasteiger partial charge < -0.3 is 10.6 Å². The van der Waals surface area contributed by atoms with E-state index >= 15 is 0 Å². The van der Waals surface area contributed by atoms with Crippen molar-refractivity contribution in [3.8, 4) is 0 Å². The average molecular weight is 330 g/mol. The number of nitro benzene ring substituents is 1. The molecule has 0 aliphatic rings. The van der Waals surface area contributed by atoms with Gasteiger partial charge in [-0.15, -0.1) is 0 Å². The van der Waals surface area contributed by atoms with Crippen molar-refractivity contribution in [3.05, 3.63) is 33.4 Å². The lowest BCUT2D eigenvalue weighted by atomic mass is 10.1. The molecule has 0 spiro atoms.